The molecule has 3 aromatic heterocycles. The molecule has 0 unspecified atom stereocenters. The molecule has 2 N–H and O–H groups in total. The Kier molecular flexibility index (Phi) is 5.13. The van der Waals surface area contributed by atoms with Crippen molar-refractivity contribution in [2.24, 2.45) is 5.92 Å². The van der Waals surface area contributed by atoms with E-state index in [0.717, 1.165) is 28.2 Å². The number of amides is 1. The van der Waals surface area contributed by atoms with Crippen LogP contribution in [-0.4, -0.2) is 32.5 Å². The van der Waals surface area contributed by atoms with Crippen molar-refractivity contribution in [2.45, 2.75) is 26.3 Å². The zero-order valence-corrected chi connectivity index (χ0v) is 18.0. The Balaban J connectivity index is 1.54. The summed E-state index contributed by atoms with van der Waals surface area (Å²) in [5, 5.41) is 7.47. The lowest BCUT2D eigenvalue weighted by Crippen LogP contribution is -2.14. The summed E-state index contributed by atoms with van der Waals surface area (Å²) >= 11 is 0. The fourth-order valence-corrected chi connectivity index (χ4v) is 3.76. The number of aryl methyl sites for hydroxylation is 1. The molecule has 1 saturated carbocycles. The average Bonchev–Trinajstić information content (AvgIpc) is 3.59. The van der Waals surface area contributed by atoms with Gasteiger partial charge in [0.1, 0.15) is 17.5 Å². The van der Waals surface area contributed by atoms with Crippen LogP contribution >= 0.6 is 0 Å². The highest BCUT2D eigenvalue weighted by molar-refractivity contribution is 5.99. The number of halogens is 2. The highest BCUT2D eigenvalue weighted by Gasteiger charge is 2.29. The zero-order valence-electron chi connectivity index (χ0n) is 18.0. The number of imidazole rings is 1. The molecule has 0 saturated heterocycles. The van der Waals surface area contributed by atoms with Crippen LogP contribution < -0.4 is 10.6 Å². The van der Waals surface area contributed by atoms with E-state index in [2.05, 4.69) is 37.4 Å². The maximum atomic E-state index is 13.3. The zero-order chi connectivity index (χ0) is 23.1. The number of carbonyl (C=O) groups excluding carboxylic acids is 1. The SMILES string of the molecule is CNc1ncc(C#Cc2ccc3c(c2)nc(C)n3C(F)F)c2cc(NC(=O)C3CC3)ncc12. The van der Waals surface area contributed by atoms with E-state index in [0.29, 0.717) is 33.8 Å². The highest BCUT2D eigenvalue weighted by atomic mass is 19.3. The summed E-state index contributed by atoms with van der Waals surface area (Å²) in [6.07, 6.45) is 5.13. The van der Waals surface area contributed by atoms with Gasteiger partial charge in [0.2, 0.25) is 5.91 Å². The Morgan fingerprint density at radius 2 is 1.97 bits per heavy atom. The van der Waals surface area contributed by atoms with E-state index in [-0.39, 0.29) is 17.6 Å². The van der Waals surface area contributed by atoms with Gasteiger partial charge in [-0.1, -0.05) is 11.8 Å². The third-order valence-corrected chi connectivity index (χ3v) is 5.61. The van der Waals surface area contributed by atoms with Crippen molar-refractivity contribution in [3.63, 3.8) is 0 Å². The number of alkyl halides is 2. The molecule has 0 spiro atoms. The molecule has 3 heterocycles. The lowest BCUT2D eigenvalue weighted by molar-refractivity contribution is -0.117. The second-order valence-electron chi connectivity index (χ2n) is 7.91. The van der Waals surface area contributed by atoms with Crippen molar-refractivity contribution in [1.29, 1.82) is 0 Å². The van der Waals surface area contributed by atoms with Gasteiger partial charge in [0, 0.05) is 41.7 Å². The number of rotatable bonds is 4. The molecule has 9 heteroatoms. The monoisotopic (exact) mass is 446 g/mol. The predicted molar refractivity (Wildman–Crippen MR) is 122 cm³/mol. The van der Waals surface area contributed by atoms with Gasteiger partial charge in [-0.3, -0.25) is 9.36 Å². The number of carbonyl (C=O) groups is 1. The Morgan fingerprint density at radius 1 is 1.15 bits per heavy atom. The van der Waals surface area contributed by atoms with Gasteiger partial charge in [0.05, 0.1) is 16.6 Å². The third kappa shape index (κ3) is 3.96. The second-order valence-corrected chi connectivity index (χ2v) is 7.91. The van der Waals surface area contributed by atoms with Crippen LogP contribution in [-0.2, 0) is 4.79 Å². The molecule has 1 aromatic carbocycles. The summed E-state index contributed by atoms with van der Waals surface area (Å²) in [4.78, 5) is 25.1. The number of anilines is 2. The van der Waals surface area contributed by atoms with Crippen molar-refractivity contribution in [1.82, 2.24) is 19.5 Å². The molecule has 1 fully saturated rings. The first kappa shape index (κ1) is 20.8. The Labute approximate surface area is 188 Å². The topological polar surface area (TPSA) is 84.7 Å². The minimum absolute atomic E-state index is 0.0239. The summed E-state index contributed by atoms with van der Waals surface area (Å²) in [6.45, 7) is -1.11. The standard InChI is InChI=1S/C24H20F2N6O/c1-13-30-19-9-14(4-8-20(19)32(13)24(25)26)3-5-16-11-29-22(27-2)18-12-28-21(10-17(16)18)31-23(33)15-6-7-15/h4,8-12,15,24H,6-7H2,1-2H3,(H,27,29)(H,28,31,33). The number of hydrogen-bond acceptors (Lipinski definition) is 5. The molecule has 0 atom stereocenters. The van der Waals surface area contributed by atoms with Crippen LogP contribution in [0.2, 0.25) is 0 Å². The van der Waals surface area contributed by atoms with Crippen LogP contribution in [0, 0.1) is 24.7 Å². The van der Waals surface area contributed by atoms with Crippen molar-refractivity contribution in [3.05, 3.63) is 53.6 Å². The van der Waals surface area contributed by atoms with Crippen LogP contribution in [0.25, 0.3) is 21.8 Å². The smallest absolute Gasteiger partial charge is 0.320 e. The molecular formula is C24H20F2N6O. The molecule has 33 heavy (non-hydrogen) atoms. The van der Waals surface area contributed by atoms with Gasteiger partial charge in [-0.05, 0) is 44.0 Å². The minimum Gasteiger partial charge on any atom is -0.373 e. The number of aromatic nitrogens is 4. The summed E-state index contributed by atoms with van der Waals surface area (Å²) in [7, 11) is 1.77. The Bertz CT molecular complexity index is 1460. The summed E-state index contributed by atoms with van der Waals surface area (Å²) in [5.41, 5.74) is 2.12. The molecule has 166 valence electrons. The minimum atomic E-state index is -2.65. The van der Waals surface area contributed by atoms with Gasteiger partial charge in [-0.15, -0.1) is 0 Å². The molecule has 0 aliphatic heterocycles. The van der Waals surface area contributed by atoms with Crippen molar-refractivity contribution >= 4 is 39.3 Å². The fourth-order valence-electron chi connectivity index (χ4n) is 3.76. The second kappa shape index (κ2) is 8.13. The maximum Gasteiger partial charge on any atom is 0.320 e. The Morgan fingerprint density at radius 3 is 2.70 bits per heavy atom. The maximum absolute atomic E-state index is 13.3. The van der Waals surface area contributed by atoms with E-state index < -0.39 is 6.55 Å². The molecule has 1 aliphatic carbocycles. The van der Waals surface area contributed by atoms with Crippen molar-refractivity contribution in [2.75, 3.05) is 17.7 Å². The Hall–Kier alpha value is -4.06. The molecule has 1 aliphatic rings. The van der Waals surface area contributed by atoms with Crippen LogP contribution in [0.1, 0.15) is 36.3 Å². The molecule has 0 radical (unpaired) electrons. The summed E-state index contributed by atoms with van der Waals surface area (Å²) in [5.74, 6) is 7.60. The molecule has 1 amide bonds. The first-order valence-electron chi connectivity index (χ1n) is 10.5. The normalized spacial score (nSPS) is 13.2. The number of nitrogens with one attached hydrogen (secondary N) is 2. The van der Waals surface area contributed by atoms with Crippen LogP contribution in [0.15, 0.2) is 36.7 Å². The molecule has 4 aromatic rings. The quantitative estimate of drug-likeness (QED) is 0.452. The van der Waals surface area contributed by atoms with E-state index in [1.807, 2.05) is 0 Å². The number of nitrogens with zero attached hydrogens (tertiary/aromatic N) is 4. The van der Waals surface area contributed by atoms with Crippen molar-refractivity contribution in [3.8, 4) is 11.8 Å². The molecular weight excluding hydrogens is 426 g/mol. The van der Waals surface area contributed by atoms with Gasteiger partial charge >= 0.3 is 6.55 Å². The van der Waals surface area contributed by atoms with E-state index >= 15 is 0 Å². The van der Waals surface area contributed by atoms with Gasteiger partial charge < -0.3 is 10.6 Å². The van der Waals surface area contributed by atoms with Gasteiger partial charge in [-0.25, -0.2) is 15.0 Å². The summed E-state index contributed by atoms with van der Waals surface area (Å²) in [6, 6.07) is 6.77. The lowest BCUT2D eigenvalue weighted by atomic mass is 10.1. The first-order chi connectivity index (χ1) is 15.9. The van der Waals surface area contributed by atoms with Gasteiger partial charge in [0.15, 0.2) is 0 Å². The van der Waals surface area contributed by atoms with Crippen molar-refractivity contribution < 1.29 is 13.6 Å². The van der Waals surface area contributed by atoms with Gasteiger partial charge in [0.25, 0.3) is 0 Å². The number of pyridine rings is 2. The third-order valence-electron chi connectivity index (χ3n) is 5.61. The molecule has 5 rings (SSSR count). The average molecular weight is 446 g/mol. The van der Waals surface area contributed by atoms with E-state index in [1.54, 1.807) is 50.6 Å². The van der Waals surface area contributed by atoms with Gasteiger partial charge in [-0.2, -0.15) is 8.78 Å². The van der Waals surface area contributed by atoms with E-state index in [9.17, 15) is 13.6 Å². The summed E-state index contributed by atoms with van der Waals surface area (Å²) < 4.78 is 27.5. The molecule has 7 nitrogen and oxygen atoms in total. The lowest BCUT2D eigenvalue weighted by Gasteiger charge is -2.09. The van der Waals surface area contributed by atoms with Crippen LogP contribution in [0.4, 0.5) is 20.4 Å². The largest absolute Gasteiger partial charge is 0.373 e. The van der Waals surface area contributed by atoms with E-state index in [1.165, 1.54) is 0 Å². The highest BCUT2D eigenvalue weighted by Crippen LogP contribution is 2.31. The van der Waals surface area contributed by atoms with Crippen LogP contribution in [0.5, 0.6) is 0 Å². The predicted octanol–water partition coefficient (Wildman–Crippen LogP) is 4.47. The molecule has 0 bridgehead atoms. The first-order valence-corrected chi connectivity index (χ1v) is 10.5. The fraction of sp³-hybridized carbons (Fsp3) is 0.250. The van der Waals surface area contributed by atoms with E-state index in [4.69, 9.17) is 0 Å². The number of benzene rings is 1. The number of fused-ring (bicyclic) bond motifs is 2. The van der Waals surface area contributed by atoms with Crippen LogP contribution in [0.3, 0.4) is 0 Å². The number of hydrogen-bond donors (Lipinski definition) is 2.